The second-order valence-electron chi connectivity index (χ2n) is 5.10. The molecule has 22 heavy (non-hydrogen) atoms. The summed E-state index contributed by atoms with van der Waals surface area (Å²) in [5.41, 5.74) is 0.898. The van der Waals surface area contributed by atoms with Crippen LogP contribution in [0.5, 0.6) is 0 Å². The fraction of sp³-hybridized carbons (Fsp3) is 0.357. The number of hydrogen-bond acceptors (Lipinski definition) is 6. The van der Waals surface area contributed by atoms with Crippen LogP contribution >= 0.6 is 0 Å². The molecule has 1 fully saturated rings. The Kier molecular flexibility index (Phi) is 3.69. The molecule has 2 aromatic rings. The van der Waals surface area contributed by atoms with Crippen LogP contribution in [0.1, 0.15) is 17.4 Å². The maximum Gasteiger partial charge on any atom is 0.276 e. The van der Waals surface area contributed by atoms with E-state index < -0.39 is 15.1 Å². The number of likely N-dealkylation sites (tertiary alicyclic amines) is 1. The average Bonchev–Trinajstić information content (AvgIpc) is 2.96. The Balaban J connectivity index is 1.69. The quantitative estimate of drug-likeness (QED) is 0.834. The van der Waals surface area contributed by atoms with Crippen LogP contribution in [-0.2, 0) is 9.84 Å². The molecule has 1 aliphatic heterocycles. The Morgan fingerprint density at radius 1 is 1.45 bits per heavy atom. The molecule has 0 spiro atoms. The fourth-order valence-corrected chi connectivity index (χ4v) is 3.53. The summed E-state index contributed by atoms with van der Waals surface area (Å²) >= 11 is 0. The molecule has 0 saturated carbocycles. The summed E-state index contributed by atoms with van der Waals surface area (Å²) in [6.07, 6.45) is 3.25. The van der Waals surface area contributed by atoms with Crippen LogP contribution in [0.3, 0.4) is 0 Å². The molecule has 0 bridgehead atoms. The summed E-state index contributed by atoms with van der Waals surface area (Å²) in [5.74, 6) is 0.227. The molecule has 0 N–H and O–H groups in total. The molecule has 1 aliphatic rings. The minimum Gasteiger partial charge on any atom is -0.355 e. The van der Waals surface area contributed by atoms with Gasteiger partial charge in [0.2, 0.25) is 0 Å². The lowest BCUT2D eigenvalue weighted by Crippen LogP contribution is -2.57. The molecule has 2 aromatic heterocycles. The fourth-order valence-electron chi connectivity index (χ4n) is 2.25. The van der Waals surface area contributed by atoms with Crippen molar-refractivity contribution in [3.05, 3.63) is 36.3 Å². The number of rotatable bonds is 4. The van der Waals surface area contributed by atoms with Gasteiger partial charge in [0.05, 0.1) is 5.25 Å². The van der Waals surface area contributed by atoms with E-state index in [4.69, 9.17) is 4.52 Å². The Labute approximate surface area is 127 Å². The maximum atomic E-state index is 12.2. The molecule has 1 amide bonds. The molecule has 0 aromatic carbocycles. The second-order valence-corrected chi connectivity index (χ2v) is 7.67. The first-order valence-corrected chi connectivity index (χ1v) is 8.60. The summed E-state index contributed by atoms with van der Waals surface area (Å²) in [6.45, 7) is 2.03. The van der Waals surface area contributed by atoms with Gasteiger partial charge < -0.3 is 9.42 Å². The highest BCUT2D eigenvalue weighted by molar-refractivity contribution is 7.92. The molecular formula is C14H15N3O4S. The van der Waals surface area contributed by atoms with Crippen molar-refractivity contribution in [1.29, 1.82) is 0 Å². The lowest BCUT2D eigenvalue weighted by atomic mass is 10.1. The zero-order valence-electron chi connectivity index (χ0n) is 12.0. The largest absolute Gasteiger partial charge is 0.355 e. The third kappa shape index (κ3) is 2.61. The highest BCUT2D eigenvalue weighted by atomic mass is 32.2. The number of sulfone groups is 1. The van der Waals surface area contributed by atoms with E-state index in [9.17, 15) is 13.2 Å². The summed E-state index contributed by atoms with van der Waals surface area (Å²) in [6, 6.07) is 5.10. The Morgan fingerprint density at radius 3 is 2.86 bits per heavy atom. The third-order valence-electron chi connectivity index (χ3n) is 3.72. The number of pyridine rings is 1. The van der Waals surface area contributed by atoms with E-state index in [2.05, 4.69) is 10.1 Å². The molecule has 8 heteroatoms. The zero-order chi connectivity index (χ0) is 15.7. The minimum atomic E-state index is -3.09. The van der Waals surface area contributed by atoms with E-state index in [0.717, 1.165) is 5.56 Å². The molecule has 0 aliphatic carbocycles. The number of nitrogens with zero attached hydrogens (tertiary/aromatic N) is 3. The van der Waals surface area contributed by atoms with Gasteiger partial charge in [0, 0.05) is 42.9 Å². The lowest BCUT2D eigenvalue weighted by Gasteiger charge is -2.37. The molecule has 116 valence electrons. The van der Waals surface area contributed by atoms with E-state index >= 15 is 0 Å². The van der Waals surface area contributed by atoms with Crippen LogP contribution in [0.4, 0.5) is 0 Å². The predicted molar refractivity (Wildman–Crippen MR) is 78.9 cm³/mol. The van der Waals surface area contributed by atoms with Gasteiger partial charge in [0.25, 0.3) is 5.91 Å². The average molecular weight is 321 g/mol. The van der Waals surface area contributed by atoms with Crippen LogP contribution in [0.25, 0.3) is 11.3 Å². The summed E-state index contributed by atoms with van der Waals surface area (Å²) in [4.78, 5) is 17.7. The normalized spacial score (nSPS) is 15.6. The molecule has 0 unspecified atom stereocenters. The molecule has 3 heterocycles. The number of aromatic nitrogens is 2. The Bertz CT molecular complexity index is 779. The van der Waals surface area contributed by atoms with Crippen LogP contribution in [-0.4, -0.2) is 53.5 Å². The first kappa shape index (κ1) is 14.7. The van der Waals surface area contributed by atoms with Crippen molar-refractivity contribution in [2.75, 3.05) is 18.8 Å². The third-order valence-corrected chi connectivity index (χ3v) is 5.84. The number of carbonyl (C=O) groups excluding carboxylic acids is 1. The van der Waals surface area contributed by atoms with Crippen molar-refractivity contribution >= 4 is 15.7 Å². The van der Waals surface area contributed by atoms with Crippen molar-refractivity contribution in [1.82, 2.24) is 15.0 Å². The smallest absolute Gasteiger partial charge is 0.276 e. The van der Waals surface area contributed by atoms with E-state index in [0.29, 0.717) is 5.76 Å². The highest BCUT2D eigenvalue weighted by Gasteiger charge is 2.39. The van der Waals surface area contributed by atoms with Crippen LogP contribution in [0.15, 0.2) is 35.1 Å². The Morgan fingerprint density at radius 2 is 2.23 bits per heavy atom. The number of hydrogen-bond donors (Lipinski definition) is 0. The lowest BCUT2D eigenvalue weighted by molar-refractivity contribution is 0.0648. The molecule has 7 nitrogen and oxygen atoms in total. The van der Waals surface area contributed by atoms with Crippen molar-refractivity contribution in [2.45, 2.75) is 12.2 Å². The first-order chi connectivity index (χ1) is 10.5. The predicted octanol–water partition coefficient (Wildman–Crippen LogP) is 0.996. The number of amides is 1. The molecular weight excluding hydrogens is 306 g/mol. The van der Waals surface area contributed by atoms with Gasteiger partial charge in [-0.1, -0.05) is 12.1 Å². The molecule has 1 saturated heterocycles. The van der Waals surface area contributed by atoms with Gasteiger partial charge in [-0.3, -0.25) is 9.78 Å². The van der Waals surface area contributed by atoms with Gasteiger partial charge in [-0.15, -0.1) is 0 Å². The van der Waals surface area contributed by atoms with Crippen LogP contribution in [0, 0.1) is 0 Å². The molecule has 3 rings (SSSR count). The van der Waals surface area contributed by atoms with Gasteiger partial charge >= 0.3 is 0 Å². The van der Waals surface area contributed by atoms with Crippen LogP contribution < -0.4 is 0 Å². The Hall–Kier alpha value is -2.22. The number of carbonyl (C=O) groups is 1. The SMILES string of the molecule is CCS(=O)(=O)C1CN(C(=O)c2cc(-c3cccnc3)on2)C1. The van der Waals surface area contributed by atoms with Gasteiger partial charge in [0.15, 0.2) is 21.3 Å². The van der Waals surface area contributed by atoms with Crippen molar-refractivity contribution in [2.24, 2.45) is 0 Å². The van der Waals surface area contributed by atoms with Crippen molar-refractivity contribution < 1.29 is 17.7 Å². The van der Waals surface area contributed by atoms with Gasteiger partial charge in [-0.05, 0) is 12.1 Å². The van der Waals surface area contributed by atoms with Gasteiger partial charge in [-0.25, -0.2) is 8.42 Å². The summed E-state index contributed by atoms with van der Waals surface area (Å²) in [7, 11) is -3.09. The topological polar surface area (TPSA) is 93.4 Å². The summed E-state index contributed by atoms with van der Waals surface area (Å²) < 4.78 is 28.5. The summed E-state index contributed by atoms with van der Waals surface area (Å²) in [5, 5.41) is 3.29. The highest BCUT2D eigenvalue weighted by Crippen LogP contribution is 2.23. The second kappa shape index (κ2) is 5.53. The van der Waals surface area contributed by atoms with Gasteiger partial charge in [-0.2, -0.15) is 0 Å². The van der Waals surface area contributed by atoms with Crippen molar-refractivity contribution in [3.8, 4) is 11.3 Å². The van der Waals surface area contributed by atoms with E-state index in [1.807, 2.05) is 0 Å². The van der Waals surface area contributed by atoms with E-state index in [1.165, 1.54) is 4.90 Å². The maximum absolute atomic E-state index is 12.2. The van der Waals surface area contributed by atoms with Gasteiger partial charge in [0.1, 0.15) is 0 Å². The van der Waals surface area contributed by atoms with Crippen LogP contribution in [0.2, 0.25) is 0 Å². The van der Waals surface area contributed by atoms with Crippen molar-refractivity contribution in [3.63, 3.8) is 0 Å². The standard InChI is InChI=1S/C14H15N3O4S/c1-2-22(19,20)11-8-17(9-11)14(18)12-6-13(21-16-12)10-4-3-5-15-7-10/h3-7,11H,2,8-9H2,1H3. The molecule has 0 atom stereocenters. The first-order valence-electron chi connectivity index (χ1n) is 6.89. The van der Waals surface area contributed by atoms with E-state index in [-0.39, 0.29) is 30.4 Å². The van der Waals surface area contributed by atoms with E-state index in [1.54, 1.807) is 37.5 Å². The zero-order valence-corrected chi connectivity index (χ0v) is 12.8. The monoisotopic (exact) mass is 321 g/mol. The minimum absolute atomic E-state index is 0.0921. The molecule has 0 radical (unpaired) electrons.